The number of hydrogen-bond acceptors (Lipinski definition) is 4. The van der Waals surface area contributed by atoms with E-state index in [-0.39, 0.29) is 17.1 Å². The lowest BCUT2D eigenvalue weighted by molar-refractivity contribution is -0.274. The Labute approximate surface area is 232 Å². The highest BCUT2D eigenvalue weighted by molar-refractivity contribution is 5.98. The van der Waals surface area contributed by atoms with Crippen LogP contribution in [0.4, 0.5) is 18.9 Å². The van der Waals surface area contributed by atoms with Gasteiger partial charge in [-0.15, -0.1) is 13.2 Å². The molecule has 0 radical (unpaired) electrons. The number of ether oxygens (including phenoxy) is 1. The van der Waals surface area contributed by atoms with Crippen LogP contribution in [0.25, 0.3) is 10.9 Å². The molecule has 0 bridgehead atoms. The van der Waals surface area contributed by atoms with Gasteiger partial charge in [0.15, 0.2) is 0 Å². The van der Waals surface area contributed by atoms with Crippen molar-refractivity contribution in [3.63, 3.8) is 0 Å². The maximum Gasteiger partial charge on any atom is 0.573 e. The minimum atomic E-state index is -4.75. The Balaban J connectivity index is 0.991. The fraction of sp³-hybridized carbons (Fsp3) is 0.516. The molecule has 0 aliphatic carbocycles. The van der Waals surface area contributed by atoms with E-state index in [1.165, 1.54) is 41.4 Å². The molecule has 1 unspecified atom stereocenters. The Hall–Kier alpha value is -3.20. The van der Waals surface area contributed by atoms with Gasteiger partial charge in [-0.1, -0.05) is 19.1 Å². The van der Waals surface area contributed by atoms with E-state index in [2.05, 4.69) is 52.0 Å². The number of likely N-dealkylation sites (tertiary alicyclic amines) is 2. The molecule has 40 heavy (non-hydrogen) atoms. The SMILES string of the molecule is Cc1ccc2c(c1)NC[C@]21CCN(CCC2CCN(C(=O)c3cc4cc(OC(F)(F)F)ccc4[nH]3)CC2)CC1C. The number of aromatic amines is 1. The van der Waals surface area contributed by atoms with Crippen molar-refractivity contribution in [1.29, 1.82) is 0 Å². The number of carbonyl (C=O) groups excluding carboxylic acids is 1. The van der Waals surface area contributed by atoms with Crippen LogP contribution in [-0.4, -0.2) is 66.3 Å². The number of nitrogens with zero attached hydrogens (tertiary/aromatic N) is 2. The van der Waals surface area contributed by atoms with Gasteiger partial charge in [0.05, 0.1) is 0 Å². The molecular weight excluding hydrogens is 517 g/mol. The Morgan fingerprint density at radius 1 is 1.10 bits per heavy atom. The number of alkyl halides is 3. The third-order valence-corrected chi connectivity index (χ3v) is 9.47. The summed E-state index contributed by atoms with van der Waals surface area (Å²) in [6, 6.07) is 12.5. The summed E-state index contributed by atoms with van der Waals surface area (Å²) in [5.41, 5.74) is 5.35. The highest BCUT2D eigenvalue weighted by Gasteiger charge is 2.46. The molecule has 9 heteroatoms. The zero-order valence-electron chi connectivity index (χ0n) is 23.1. The number of amides is 1. The minimum absolute atomic E-state index is 0.108. The number of nitrogens with one attached hydrogen (secondary N) is 2. The van der Waals surface area contributed by atoms with Crippen molar-refractivity contribution in [2.75, 3.05) is 44.6 Å². The van der Waals surface area contributed by atoms with Crippen molar-refractivity contribution in [3.8, 4) is 5.75 Å². The van der Waals surface area contributed by atoms with Crippen molar-refractivity contribution < 1.29 is 22.7 Å². The lowest BCUT2D eigenvalue weighted by Gasteiger charge is -2.45. The van der Waals surface area contributed by atoms with Crippen molar-refractivity contribution >= 4 is 22.5 Å². The molecule has 4 heterocycles. The van der Waals surface area contributed by atoms with E-state index < -0.39 is 6.36 Å². The van der Waals surface area contributed by atoms with E-state index in [9.17, 15) is 18.0 Å². The summed E-state index contributed by atoms with van der Waals surface area (Å²) in [4.78, 5) is 20.7. The fourth-order valence-electron chi connectivity index (χ4n) is 7.09. The van der Waals surface area contributed by atoms with Crippen LogP contribution in [0.2, 0.25) is 0 Å². The molecule has 1 spiro atoms. The Morgan fingerprint density at radius 3 is 2.65 bits per heavy atom. The Bertz CT molecular complexity index is 1390. The number of fused-ring (bicyclic) bond motifs is 3. The van der Waals surface area contributed by atoms with Crippen molar-refractivity contribution in [3.05, 3.63) is 59.3 Å². The van der Waals surface area contributed by atoms with E-state index in [0.29, 0.717) is 41.5 Å². The van der Waals surface area contributed by atoms with Crippen LogP contribution >= 0.6 is 0 Å². The van der Waals surface area contributed by atoms with Gasteiger partial charge in [-0.3, -0.25) is 4.79 Å². The summed E-state index contributed by atoms with van der Waals surface area (Å²) in [5.74, 6) is 0.780. The van der Waals surface area contributed by atoms with Gasteiger partial charge in [-0.2, -0.15) is 0 Å². The molecule has 0 saturated carbocycles. The summed E-state index contributed by atoms with van der Waals surface area (Å²) < 4.78 is 41.7. The normalized spacial score (nSPS) is 23.9. The molecule has 2 saturated heterocycles. The molecule has 1 amide bonds. The van der Waals surface area contributed by atoms with E-state index in [4.69, 9.17) is 0 Å². The summed E-state index contributed by atoms with van der Waals surface area (Å²) in [6.45, 7) is 10.3. The summed E-state index contributed by atoms with van der Waals surface area (Å²) >= 11 is 0. The molecule has 3 aromatic rings. The van der Waals surface area contributed by atoms with Crippen LogP contribution in [-0.2, 0) is 5.41 Å². The van der Waals surface area contributed by atoms with Crippen LogP contribution in [0.15, 0.2) is 42.5 Å². The molecule has 2 aromatic carbocycles. The standard InChI is InChI=1S/C31H37F3N4O2/c1-20-3-5-25-27(15-20)35-19-30(25)10-14-37(18-21(30)2)11-7-22-8-12-38(13-9-22)29(39)28-17-23-16-24(40-31(32,33)34)4-6-26(23)36-28/h3-6,15-17,21-22,35-36H,7-14,18-19H2,1-2H3/t21?,30-/m0/s1. The Kier molecular flexibility index (Phi) is 6.97. The zero-order valence-corrected chi connectivity index (χ0v) is 23.1. The van der Waals surface area contributed by atoms with Gasteiger partial charge in [-0.25, -0.2) is 0 Å². The number of aromatic nitrogens is 1. The monoisotopic (exact) mass is 554 g/mol. The summed E-state index contributed by atoms with van der Waals surface area (Å²) in [6.07, 6.45) is -0.484. The predicted molar refractivity (Wildman–Crippen MR) is 150 cm³/mol. The number of rotatable bonds is 5. The molecule has 2 fully saturated rings. The lowest BCUT2D eigenvalue weighted by Crippen LogP contribution is -2.50. The van der Waals surface area contributed by atoms with E-state index in [1.54, 1.807) is 6.07 Å². The topological polar surface area (TPSA) is 60.6 Å². The van der Waals surface area contributed by atoms with E-state index >= 15 is 0 Å². The van der Waals surface area contributed by atoms with Gasteiger partial charge < -0.3 is 24.8 Å². The fourth-order valence-corrected chi connectivity index (χ4v) is 7.09. The number of piperidine rings is 2. The van der Waals surface area contributed by atoms with Gasteiger partial charge in [0.2, 0.25) is 0 Å². The molecule has 6 rings (SSSR count). The second-order valence-corrected chi connectivity index (χ2v) is 12.0. The Morgan fingerprint density at radius 2 is 1.90 bits per heavy atom. The maximum absolute atomic E-state index is 13.1. The van der Waals surface area contributed by atoms with Crippen LogP contribution in [0.5, 0.6) is 5.75 Å². The lowest BCUT2D eigenvalue weighted by atomic mass is 9.67. The molecule has 2 N–H and O–H groups in total. The number of carbonyl (C=O) groups is 1. The van der Waals surface area contributed by atoms with Crippen molar-refractivity contribution in [2.24, 2.45) is 11.8 Å². The zero-order chi connectivity index (χ0) is 28.1. The smallest absolute Gasteiger partial charge is 0.406 e. The third-order valence-electron chi connectivity index (χ3n) is 9.47. The number of halogens is 3. The van der Waals surface area contributed by atoms with Gasteiger partial charge in [-0.05, 0) is 99.0 Å². The molecular formula is C31H37F3N4O2. The molecule has 3 aliphatic heterocycles. The second-order valence-electron chi connectivity index (χ2n) is 12.0. The highest BCUT2D eigenvalue weighted by Crippen LogP contribution is 2.47. The first-order valence-corrected chi connectivity index (χ1v) is 14.3. The van der Waals surface area contributed by atoms with E-state index in [0.717, 1.165) is 45.4 Å². The molecule has 6 nitrogen and oxygen atoms in total. The van der Waals surface area contributed by atoms with Gasteiger partial charge in [0.1, 0.15) is 11.4 Å². The average Bonchev–Trinajstić information content (AvgIpc) is 3.50. The molecule has 3 aliphatic rings. The number of hydrogen-bond donors (Lipinski definition) is 2. The van der Waals surface area contributed by atoms with Crippen molar-refractivity contribution in [1.82, 2.24) is 14.8 Å². The van der Waals surface area contributed by atoms with Gasteiger partial charge in [0, 0.05) is 48.2 Å². The first-order chi connectivity index (χ1) is 19.1. The van der Waals surface area contributed by atoms with Crippen LogP contribution in [0, 0.1) is 18.8 Å². The van der Waals surface area contributed by atoms with Gasteiger partial charge >= 0.3 is 6.36 Å². The van der Waals surface area contributed by atoms with Crippen LogP contribution in [0.1, 0.15) is 54.2 Å². The quantitative estimate of drug-likeness (QED) is 0.388. The highest BCUT2D eigenvalue weighted by atomic mass is 19.4. The van der Waals surface area contributed by atoms with Crippen LogP contribution in [0.3, 0.4) is 0 Å². The van der Waals surface area contributed by atoms with Gasteiger partial charge in [0.25, 0.3) is 5.91 Å². The third kappa shape index (κ3) is 5.28. The second kappa shape index (κ2) is 10.3. The predicted octanol–water partition coefficient (Wildman–Crippen LogP) is 6.32. The maximum atomic E-state index is 13.1. The molecule has 1 aromatic heterocycles. The number of H-pyrrole nitrogens is 1. The van der Waals surface area contributed by atoms with Crippen LogP contribution < -0.4 is 10.1 Å². The number of anilines is 1. The molecule has 214 valence electrons. The molecule has 2 atom stereocenters. The largest absolute Gasteiger partial charge is 0.573 e. The first-order valence-electron chi connectivity index (χ1n) is 14.3. The average molecular weight is 555 g/mol. The number of benzene rings is 2. The number of aryl methyl sites for hydroxylation is 1. The summed E-state index contributed by atoms with van der Waals surface area (Å²) in [7, 11) is 0. The minimum Gasteiger partial charge on any atom is -0.406 e. The van der Waals surface area contributed by atoms with E-state index in [1.807, 2.05) is 4.90 Å². The van der Waals surface area contributed by atoms with Crippen molar-refractivity contribution in [2.45, 2.75) is 51.3 Å². The summed E-state index contributed by atoms with van der Waals surface area (Å²) in [5, 5.41) is 4.19. The first kappa shape index (κ1) is 27.0.